The van der Waals surface area contributed by atoms with Crippen LogP contribution in [0.3, 0.4) is 0 Å². The number of nitrogens with zero attached hydrogens (tertiary/aromatic N) is 1. The van der Waals surface area contributed by atoms with Gasteiger partial charge in [0, 0.05) is 32.3 Å². The quantitative estimate of drug-likeness (QED) is 0.705. The second-order valence-electron chi connectivity index (χ2n) is 5.28. The van der Waals surface area contributed by atoms with Crippen LogP contribution in [0.15, 0.2) is 0 Å². The molecule has 2 saturated heterocycles. The highest BCUT2D eigenvalue weighted by molar-refractivity contribution is 5.78. The van der Waals surface area contributed by atoms with Crippen molar-refractivity contribution in [1.82, 2.24) is 10.2 Å². The number of nitrogens with one attached hydrogen (secondary N) is 1. The van der Waals surface area contributed by atoms with Crippen molar-refractivity contribution in [2.45, 2.75) is 31.4 Å². The van der Waals surface area contributed by atoms with Crippen LogP contribution < -0.4 is 5.32 Å². The van der Waals surface area contributed by atoms with E-state index < -0.39 is 5.97 Å². The largest absolute Gasteiger partial charge is 0.481 e. The summed E-state index contributed by atoms with van der Waals surface area (Å²) in [5, 5.41) is 11.8. The highest BCUT2D eigenvalue weighted by Crippen LogP contribution is 2.09. The van der Waals surface area contributed by atoms with E-state index in [1.807, 2.05) is 4.90 Å². The Kier molecular flexibility index (Phi) is 5.75. The van der Waals surface area contributed by atoms with Crippen molar-refractivity contribution < 1.29 is 24.2 Å². The number of hydrogen-bond donors (Lipinski definition) is 2. The number of carbonyl (C=O) groups excluding carboxylic acids is 1. The van der Waals surface area contributed by atoms with Crippen LogP contribution in [-0.4, -0.2) is 73.5 Å². The van der Waals surface area contributed by atoms with Crippen LogP contribution in [0.4, 0.5) is 0 Å². The first kappa shape index (κ1) is 15.2. The summed E-state index contributed by atoms with van der Waals surface area (Å²) in [6.07, 6.45) is 1.38. The molecule has 2 rings (SSSR count). The van der Waals surface area contributed by atoms with E-state index in [0.717, 1.165) is 12.8 Å². The lowest BCUT2D eigenvalue weighted by atomic mass is 10.1. The molecule has 0 radical (unpaired) electrons. The normalized spacial score (nSPS) is 25.3. The van der Waals surface area contributed by atoms with Crippen molar-refractivity contribution in [3.63, 3.8) is 0 Å². The molecular formula is C13H22N2O5. The van der Waals surface area contributed by atoms with Crippen molar-refractivity contribution in [3.8, 4) is 0 Å². The van der Waals surface area contributed by atoms with E-state index in [-0.39, 0.29) is 24.5 Å². The van der Waals surface area contributed by atoms with Crippen molar-refractivity contribution >= 4 is 11.9 Å². The van der Waals surface area contributed by atoms with Gasteiger partial charge in [0.1, 0.15) is 0 Å². The van der Waals surface area contributed by atoms with Gasteiger partial charge in [-0.1, -0.05) is 0 Å². The summed E-state index contributed by atoms with van der Waals surface area (Å²) in [5.41, 5.74) is 0. The first-order valence-electron chi connectivity index (χ1n) is 7.06. The minimum absolute atomic E-state index is 0.00660. The molecule has 2 aliphatic heterocycles. The maximum Gasteiger partial charge on any atom is 0.306 e. The number of carbonyl (C=O) groups is 2. The zero-order valence-electron chi connectivity index (χ0n) is 11.5. The number of carboxylic acids is 1. The molecule has 0 spiro atoms. The third-order valence-electron chi connectivity index (χ3n) is 3.58. The zero-order valence-corrected chi connectivity index (χ0v) is 11.5. The number of rotatable bonds is 5. The van der Waals surface area contributed by atoms with Crippen LogP contribution in [0.5, 0.6) is 0 Å². The van der Waals surface area contributed by atoms with Crippen molar-refractivity contribution in [2.24, 2.45) is 0 Å². The Labute approximate surface area is 118 Å². The predicted molar refractivity (Wildman–Crippen MR) is 70.4 cm³/mol. The molecule has 114 valence electrons. The van der Waals surface area contributed by atoms with Crippen LogP contribution in [0.1, 0.15) is 19.3 Å². The average Bonchev–Trinajstić information content (AvgIpc) is 2.39. The Morgan fingerprint density at radius 3 is 2.70 bits per heavy atom. The van der Waals surface area contributed by atoms with E-state index in [1.54, 1.807) is 0 Å². The summed E-state index contributed by atoms with van der Waals surface area (Å²) < 4.78 is 10.6. The van der Waals surface area contributed by atoms with E-state index in [9.17, 15) is 9.59 Å². The summed E-state index contributed by atoms with van der Waals surface area (Å²) in [7, 11) is 0. The Balaban J connectivity index is 1.71. The summed E-state index contributed by atoms with van der Waals surface area (Å²) in [4.78, 5) is 24.6. The molecule has 7 heteroatoms. The number of carboxylic acid groups (broad SMARTS) is 1. The van der Waals surface area contributed by atoms with Crippen LogP contribution >= 0.6 is 0 Å². The van der Waals surface area contributed by atoms with E-state index >= 15 is 0 Å². The summed E-state index contributed by atoms with van der Waals surface area (Å²) in [6, 6.07) is 0.201. The molecule has 0 aromatic heterocycles. The highest BCUT2D eigenvalue weighted by atomic mass is 16.5. The van der Waals surface area contributed by atoms with E-state index in [2.05, 4.69) is 5.32 Å². The molecule has 1 atom stereocenters. The SMILES string of the molecule is O=C(O)CC1CN(CC(=O)NC2CCOCC2)CCO1. The molecule has 0 aromatic carbocycles. The van der Waals surface area contributed by atoms with Gasteiger partial charge in [0.05, 0.1) is 25.7 Å². The van der Waals surface area contributed by atoms with Crippen LogP contribution in [0, 0.1) is 0 Å². The van der Waals surface area contributed by atoms with Crippen LogP contribution in [0.25, 0.3) is 0 Å². The highest BCUT2D eigenvalue weighted by Gasteiger charge is 2.25. The molecule has 0 aliphatic carbocycles. The first-order valence-corrected chi connectivity index (χ1v) is 7.06. The smallest absolute Gasteiger partial charge is 0.306 e. The molecule has 2 N–H and O–H groups in total. The number of morpholine rings is 1. The monoisotopic (exact) mass is 286 g/mol. The van der Waals surface area contributed by atoms with E-state index in [1.165, 1.54) is 0 Å². The summed E-state index contributed by atoms with van der Waals surface area (Å²) in [5.74, 6) is -0.878. The minimum atomic E-state index is -0.872. The summed E-state index contributed by atoms with van der Waals surface area (Å²) in [6.45, 7) is 3.33. The molecule has 7 nitrogen and oxygen atoms in total. The standard InChI is InChI=1S/C13H22N2O5/c16-12(14-10-1-4-19-5-2-10)9-15-3-6-20-11(8-15)7-13(17)18/h10-11H,1-9H2,(H,14,16)(H,17,18). The Bertz CT molecular complexity index is 344. The van der Waals surface area contributed by atoms with Gasteiger partial charge in [-0.15, -0.1) is 0 Å². The third-order valence-corrected chi connectivity index (χ3v) is 3.58. The van der Waals surface area contributed by atoms with Crippen LogP contribution in [0.2, 0.25) is 0 Å². The second-order valence-corrected chi connectivity index (χ2v) is 5.28. The van der Waals surface area contributed by atoms with Crippen molar-refractivity contribution in [1.29, 1.82) is 0 Å². The molecule has 20 heavy (non-hydrogen) atoms. The summed E-state index contributed by atoms with van der Waals surface area (Å²) >= 11 is 0. The molecule has 0 bridgehead atoms. The lowest BCUT2D eigenvalue weighted by Gasteiger charge is -2.32. The fourth-order valence-corrected chi connectivity index (χ4v) is 2.56. The van der Waals surface area contributed by atoms with Gasteiger partial charge in [0.25, 0.3) is 0 Å². The molecule has 2 heterocycles. The Morgan fingerprint density at radius 1 is 1.25 bits per heavy atom. The number of amides is 1. The van der Waals surface area contributed by atoms with Gasteiger partial charge in [-0.2, -0.15) is 0 Å². The fraction of sp³-hybridized carbons (Fsp3) is 0.846. The van der Waals surface area contributed by atoms with Gasteiger partial charge in [-0.25, -0.2) is 0 Å². The van der Waals surface area contributed by atoms with Gasteiger partial charge in [0.15, 0.2) is 0 Å². The van der Waals surface area contributed by atoms with Gasteiger partial charge in [0.2, 0.25) is 5.91 Å². The number of ether oxygens (including phenoxy) is 2. The Morgan fingerprint density at radius 2 is 2.00 bits per heavy atom. The Hall–Kier alpha value is -1.18. The molecule has 0 saturated carbocycles. The third kappa shape index (κ3) is 5.07. The molecule has 2 aliphatic rings. The molecular weight excluding hydrogens is 264 g/mol. The molecule has 2 fully saturated rings. The van der Waals surface area contributed by atoms with Crippen LogP contribution in [-0.2, 0) is 19.1 Å². The lowest BCUT2D eigenvalue weighted by molar-refractivity contribution is -0.142. The van der Waals surface area contributed by atoms with E-state index in [4.69, 9.17) is 14.6 Å². The minimum Gasteiger partial charge on any atom is -0.481 e. The molecule has 0 aromatic rings. The van der Waals surface area contributed by atoms with Gasteiger partial charge in [-0.05, 0) is 12.8 Å². The van der Waals surface area contributed by atoms with Crippen molar-refractivity contribution in [3.05, 3.63) is 0 Å². The number of aliphatic carboxylic acids is 1. The predicted octanol–water partition coefficient (Wildman–Crippen LogP) is -0.543. The first-order chi connectivity index (χ1) is 9.63. The number of hydrogen-bond acceptors (Lipinski definition) is 5. The topological polar surface area (TPSA) is 88.1 Å². The van der Waals surface area contributed by atoms with Crippen molar-refractivity contribution in [2.75, 3.05) is 39.5 Å². The van der Waals surface area contributed by atoms with Gasteiger partial charge in [-0.3, -0.25) is 14.5 Å². The maximum atomic E-state index is 12.0. The second kappa shape index (κ2) is 7.56. The molecule has 1 unspecified atom stereocenters. The van der Waals surface area contributed by atoms with Gasteiger partial charge >= 0.3 is 5.97 Å². The lowest BCUT2D eigenvalue weighted by Crippen LogP contribution is -2.49. The fourth-order valence-electron chi connectivity index (χ4n) is 2.56. The average molecular weight is 286 g/mol. The maximum absolute atomic E-state index is 12.0. The van der Waals surface area contributed by atoms with Gasteiger partial charge < -0.3 is 19.9 Å². The molecule has 1 amide bonds. The van der Waals surface area contributed by atoms with E-state index in [0.29, 0.717) is 39.5 Å². The zero-order chi connectivity index (χ0) is 14.4.